The van der Waals surface area contributed by atoms with Crippen LogP contribution in [0, 0.1) is 0 Å². The number of hydrogen-bond donors (Lipinski definition) is 2. The molecule has 0 spiro atoms. The van der Waals surface area contributed by atoms with Gasteiger partial charge in [-0.15, -0.1) is 0 Å². The molecule has 6 heteroatoms. The van der Waals surface area contributed by atoms with Gasteiger partial charge in [0.05, 0.1) is 6.04 Å². The summed E-state index contributed by atoms with van der Waals surface area (Å²) in [4.78, 5) is 13.8. The monoisotopic (exact) mass is 406 g/mol. The maximum atomic E-state index is 4.55. The molecule has 2 aliphatic heterocycles. The molecule has 0 aliphatic carbocycles. The largest absolute Gasteiger partial charge is 0.372 e. The van der Waals surface area contributed by atoms with Gasteiger partial charge in [-0.1, -0.05) is 12.1 Å². The normalized spacial score (nSPS) is 18.0. The van der Waals surface area contributed by atoms with Crippen molar-refractivity contribution in [2.75, 3.05) is 43.0 Å². The number of nitrogens with one attached hydrogen (secondary N) is 2. The highest BCUT2D eigenvalue weighted by Gasteiger charge is 2.15. The van der Waals surface area contributed by atoms with Crippen LogP contribution in [0.3, 0.4) is 0 Å². The third kappa shape index (κ3) is 5.04. The fraction of sp³-hybridized carbons (Fsp3) is 0.500. The van der Waals surface area contributed by atoms with Crippen LogP contribution in [0.2, 0.25) is 0 Å². The van der Waals surface area contributed by atoms with E-state index in [2.05, 4.69) is 73.7 Å². The topological polar surface area (TPSA) is 55.8 Å². The van der Waals surface area contributed by atoms with Crippen molar-refractivity contribution in [2.45, 2.75) is 45.2 Å². The van der Waals surface area contributed by atoms with Crippen LogP contribution in [-0.2, 0) is 6.54 Å². The average molecular weight is 407 g/mol. The summed E-state index contributed by atoms with van der Waals surface area (Å²) in [5.41, 5.74) is 3.83. The number of benzene rings is 1. The molecular formula is C24H34N6. The van der Waals surface area contributed by atoms with E-state index in [4.69, 9.17) is 0 Å². The molecule has 30 heavy (non-hydrogen) atoms. The fourth-order valence-electron chi connectivity index (χ4n) is 4.32. The Morgan fingerprint density at radius 3 is 2.50 bits per heavy atom. The zero-order chi connectivity index (χ0) is 20.8. The standard InChI is InChI=1S/C24H34N6/c1-19(21-8-7-9-22(17-21)29-12-3-4-13-29)28-24(25-2)27-18-20-10-11-26-23(16-20)30-14-5-6-15-30/h7-11,16-17,19H,3-6,12-15,18H2,1-2H3,(H2,25,27,28). The lowest BCUT2D eigenvalue weighted by Crippen LogP contribution is -2.38. The maximum Gasteiger partial charge on any atom is 0.191 e. The molecular weight excluding hydrogens is 372 g/mol. The molecule has 0 radical (unpaired) electrons. The van der Waals surface area contributed by atoms with E-state index in [0.29, 0.717) is 0 Å². The Morgan fingerprint density at radius 2 is 1.77 bits per heavy atom. The minimum absolute atomic E-state index is 0.177. The summed E-state index contributed by atoms with van der Waals surface area (Å²) < 4.78 is 0. The molecule has 0 saturated carbocycles. The zero-order valence-electron chi connectivity index (χ0n) is 18.3. The SMILES string of the molecule is CN=C(NCc1ccnc(N2CCCC2)c1)NC(C)c1cccc(N2CCCC2)c1. The molecule has 2 aliphatic rings. The summed E-state index contributed by atoms with van der Waals surface area (Å²) in [6.07, 6.45) is 7.02. The van der Waals surface area contributed by atoms with Crippen LogP contribution in [0.5, 0.6) is 0 Å². The molecule has 2 fully saturated rings. The van der Waals surface area contributed by atoms with Crippen LogP contribution in [0.25, 0.3) is 0 Å². The van der Waals surface area contributed by atoms with Crippen LogP contribution >= 0.6 is 0 Å². The lowest BCUT2D eigenvalue weighted by molar-refractivity contribution is 0.685. The molecule has 2 saturated heterocycles. The van der Waals surface area contributed by atoms with Crippen molar-refractivity contribution in [1.29, 1.82) is 0 Å². The van der Waals surface area contributed by atoms with E-state index >= 15 is 0 Å². The van der Waals surface area contributed by atoms with Crippen LogP contribution in [0.4, 0.5) is 11.5 Å². The quantitative estimate of drug-likeness (QED) is 0.566. The van der Waals surface area contributed by atoms with Crippen molar-refractivity contribution >= 4 is 17.5 Å². The van der Waals surface area contributed by atoms with Crippen molar-refractivity contribution in [3.63, 3.8) is 0 Å². The van der Waals surface area contributed by atoms with E-state index in [1.807, 2.05) is 13.2 Å². The summed E-state index contributed by atoms with van der Waals surface area (Å²) in [5.74, 6) is 1.90. The molecule has 2 N–H and O–H groups in total. The van der Waals surface area contributed by atoms with E-state index in [-0.39, 0.29) is 6.04 Å². The average Bonchev–Trinajstić information content (AvgIpc) is 3.51. The van der Waals surface area contributed by atoms with Gasteiger partial charge in [0.2, 0.25) is 0 Å². The van der Waals surface area contributed by atoms with E-state index < -0.39 is 0 Å². The van der Waals surface area contributed by atoms with Gasteiger partial charge >= 0.3 is 0 Å². The van der Waals surface area contributed by atoms with E-state index in [0.717, 1.165) is 31.4 Å². The molecule has 1 atom stereocenters. The Labute approximate surface area is 180 Å². The second-order valence-corrected chi connectivity index (χ2v) is 8.30. The predicted octanol–water partition coefficient (Wildman–Crippen LogP) is 3.71. The molecule has 1 aromatic carbocycles. The van der Waals surface area contributed by atoms with Crippen molar-refractivity contribution in [3.05, 3.63) is 53.7 Å². The summed E-state index contributed by atoms with van der Waals surface area (Å²) in [5, 5.41) is 6.99. The van der Waals surface area contributed by atoms with Crippen LogP contribution in [-0.4, -0.2) is 44.2 Å². The first-order valence-electron chi connectivity index (χ1n) is 11.2. The molecule has 0 bridgehead atoms. The number of hydrogen-bond acceptors (Lipinski definition) is 4. The highest BCUT2D eigenvalue weighted by atomic mass is 15.2. The molecule has 0 amide bonds. The molecule has 6 nitrogen and oxygen atoms in total. The Kier molecular flexibility index (Phi) is 6.72. The van der Waals surface area contributed by atoms with Gasteiger partial charge in [-0.05, 0) is 68.0 Å². The van der Waals surface area contributed by atoms with Crippen LogP contribution in [0.15, 0.2) is 47.6 Å². The minimum atomic E-state index is 0.177. The summed E-state index contributed by atoms with van der Waals surface area (Å²) >= 11 is 0. The van der Waals surface area contributed by atoms with Gasteiger partial charge in [0.25, 0.3) is 0 Å². The first-order valence-corrected chi connectivity index (χ1v) is 11.2. The summed E-state index contributed by atoms with van der Waals surface area (Å²) in [6.45, 7) is 7.47. The first kappa shape index (κ1) is 20.5. The zero-order valence-corrected chi connectivity index (χ0v) is 18.3. The molecule has 1 unspecified atom stereocenters. The summed E-state index contributed by atoms with van der Waals surface area (Å²) in [6, 6.07) is 13.3. The first-order chi connectivity index (χ1) is 14.7. The van der Waals surface area contributed by atoms with Gasteiger partial charge in [0, 0.05) is 51.7 Å². The molecule has 160 valence electrons. The molecule has 3 heterocycles. The van der Waals surface area contributed by atoms with E-state index in [1.165, 1.54) is 55.6 Å². The predicted molar refractivity (Wildman–Crippen MR) is 125 cm³/mol. The lowest BCUT2D eigenvalue weighted by Gasteiger charge is -2.22. The van der Waals surface area contributed by atoms with Crippen molar-refractivity contribution < 1.29 is 0 Å². The van der Waals surface area contributed by atoms with Gasteiger partial charge < -0.3 is 20.4 Å². The second-order valence-electron chi connectivity index (χ2n) is 8.30. The van der Waals surface area contributed by atoms with Gasteiger partial charge in [0.15, 0.2) is 5.96 Å². The smallest absolute Gasteiger partial charge is 0.191 e. The Hall–Kier alpha value is -2.76. The third-order valence-electron chi connectivity index (χ3n) is 6.12. The van der Waals surface area contributed by atoms with Crippen molar-refractivity contribution in [3.8, 4) is 0 Å². The van der Waals surface area contributed by atoms with Gasteiger partial charge in [-0.25, -0.2) is 4.98 Å². The summed E-state index contributed by atoms with van der Waals surface area (Å²) in [7, 11) is 1.82. The lowest BCUT2D eigenvalue weighted by atomic mass is 10.1. The number of rotatable bonds is 6. The van der Waals surface area contributed by atoms with E-state index in [1.54, 1.807) is 0 Å². The molecule has 2 aromatic rings. The minimum Gasteiger partial charge on any atom is -0.372 e. The Balaban J connectivity index is 1.34. The number of aliphatic imine (C=N–C) groups is 1. The van der Waals surface area contributed by atoms with Crippen LogP contribution < -0.4 is 20.4 Å². The number of guanidine groups is 1. The number of pyridine rings is 1. The van der Waals surface area contributed by atoms with Gasteiger partial charge in [-0.3, -0.25) is 4.99 Å². The molecule has 1 aromatic heterocycles. The van der Waals surface area contributed by atoms with Crippen molar-refractivity contribution in [1.82, 2.24) is 15.6 Å². The van der Waals surface area contributed by atoms with Gasteiger partial charge in [0.1, 0.15) is 5.82 Å². The Bertz CT molecular complexity index is 852. The molecule has 4 rings (SSSR count). The maximum absolute atomic E-state index is 4.55. The Morgan fingerprint density at radius 1 is 1.03 bits per heavy atom. The fourth-order valence-corrected chi connectivity index (χ4v) is 4.32. The number of nitrogens with zero attached hydrogens (tertiary/aromatic N) is 4. The highest BCUT2D eigenvalue weighted by Crippen LogP contribution is 2.24. The third-order valence-corrected chi connectivity index (χ3v) is 6.12. The highest BCUT2D eigenvalue weighted by molar-refractivity contribution is 5.80. The number of anilines is 2. The van der Waals surface area contributed by atoms with Crippen molar-refractivity contribution in [2.24, 2.45) is 4.99 Å². The number of aromatic nitrogens is 1. The van der Waals surface area contributed by atoms with E-state index in [9.17, 15) is 0 Å². The van der Waals surface area contributed by atoms with Crippen LogP contribution in [0.1, 0.15) is 49.8 Å². The van der Waals surface area contributed by atoms with Gasteiger partial charge in [-0.2, -0.15) is 0 Å². The second kappa shape index (κ2) is 9.83.